The standard InChI is InChI=1S/C43H61N3O5/c1-4-6-10-38-30(26-47)22-31(51-38)14-12-29-13-15-37(49)39(21-29)50-27-36(45-5-2)35-23-32-34(25-44-24-28(3)48)43-19-9-11-40(43)42(17-7-8-18-42)33(16-20-43)41(32)46-35/h13,15-16,20-23,28,33-34,36,38,40,44-45,47-49H,4-12,14,17-19,24-27H2,1-3H3. The highest BCUT2D eigenvalue weighted by Gasteiger charge is 2.68. The number of aliphatic imine (C=N–C) groups is 1. The Morgan fingerprint density at radius 1 is 1.16 bits per heavy atom. The number of benzene rings is 1. The summed E-state index contributed by atoms with van der Waals surface area (Å²) in [5, 5.41) is 38.1. The number of hydrogen-bond acceptors (Lipinski definition) is 8. The van der Waals surface area contributed by atoms with Gasteiger partial charge in [-0.3, -0.25) is 5.32 Å². The molecule has 0 aromatic heterocycles. The number of likely N-dealkylation sites (N-methyl/N-ethyl adjacent to an activating group) is 1. The molecule has 0 amide bonds. The lowest BCUT2D eigenvalue weighted by molar-refractivity contribution is 0.0315. The molecule has 1 aromatic carbocycles. The van der Waals surface area contributed by atoms with Crippen molar-refractivity contribution in [2.24, 2.45) is 33.6 Å². The zero-order valence-electron chi connectivity index (χ0n) is 31.1. The molecule has 8 heteroatoms. The smallest absolute Gasteiger partial charge is 0.197 e. The Bertz CT molecular complexity index is 1490. The molecule has 3 saturated carbocycles. The van der Waals surface area contributed by atoms with E-state index < -0.39 is 0 Å². The lowest BCUT2D eigenvalue weighted by atomic mass is 9.53. The summed E-state index contributed by atoms with van der Waals surface area (Å²) in [6.07, 6.45) is 22.8. The van der Waals surface area contributed by atoms with Crippen molar-refractivity contribution in [1.29, 1.82) is 0 Å². The molecule has 2 spiro atoms. The van der Waals surface area contributed by atoms with E-state index in [4.69, 9.17) is 14.5 Å². The third kappa shape index (κ3) is 6.98. The summed E-state index contributed by atoms with van der Waals surface area (Å²) < 4.78 is 12.6. The van der Waals surface area contributed by atoms with Gasteiger partial charge in [0, 0.05) is 31.2 Å². The average molecular weight is 700 g/mol. The van der Waals surface area contributed by atoms with Crippen LogP contribution in [0.1, 0.15) is 97.0 Å². The van der Waals surface area contributed by atoms with Gasteiger partial charge < -0.3 is 30.1 Å². The fourth-order valence-corrected chi connectivity index (χ4v) is 10.8. The van der Waals surface area contributed by atoms with Crippen LogP contribution in [0.25, 0.3) is 0 Å². The largest absolute Gasteiger partial charge is 0.592 e. The number of aliphatic hydroxyl groups excluding tert-OH is 2. The molecule has 8 rings (SSSR count). The first-order chi connectivity index (χ1) is 24.8. The van der Waals surface area contributed by atoms with Crippen molar-refractivity contribution < 1.29 is 24.8 Å². The Morgan fingerprint density at radius 3 is 2.76 bits per heavy atom. The van der Waals surface area contributed by atoms with Gasteiger partial charge >= 0.3 is 0 Å². The van der Waals surface area contributed by atoms with Gasteiger partial charge in [-0.15, -0.1) is 4.99 Å². The van der Waals surface area contributed by atoms with Crippen LogP contribution in [-0.4, -0.2) is 72.1 Å². The number of nitrogens with one attached hydrogen (secondary N) is 2. The fraction of sp³-hybridized carbons (Fsp3) is 0.651. The van der Waals surface area contributed by atoms with Crippen LogP contribution in [0.4, 0.5) is 0 Å². The lowest BCUT2D eigenvalue weighted by Crippen LogP contribution is -2.48. The minimum absolute atomic E-state index is 0.0172. The van der Waals surface area contributed by atoms with E-state index in [0.717, 1.165) is 68.5 Å². The van der Waals surface area contributed by atoms with Gasteiger partial charge in [0.1, 0.15) is 18.2 Å². The molecule has 7 atom stereocenters. The average Bonchev–Trinajstić information content (AvgIpc) is 3.93. The molecule has 0 radical (unpaired) electrons. The third-order valence-corrected chi connectivity index (χ3v) is 13.1. The van der Waals surface area contributed by atoms with Crippen molar-refractivity contribution in [3.8, 4) is 11.5 Å². The van der Waals surface area contributed by atoms with Crippen molar-refractivity contribution in [2.45, 2.75) is 116 Å². The number of aryl methyl sites for hydroxylation is 1. The first-order valence-electron chi connectivity index (χ1n) is 20.1. The Kier molecular flexibility index (Phi) is 11.1. The molecule has 7 aliphatic rings. The lowest BCUT2D eigenvalue weighted by Gasteiger charge is -2.49. The van der Waals surface area contributed by atoms with Gasteiger partial charge in [-0.1, -0.05) is 76.3 Å². The minimum atomic E-state index is -0.382. The number of phenolic OH excluding ortho intramolecular Hbond substituents is 1. The number of ether oxygens (including phenoxy) is 2. The molecule has 2 bridgehead atoms. The van der Waals surface area contributed by atoms with Crippen LogP contribution in [0.15, 0.2) is 58.8 Å². The van der Waals surface area contributed by atoms with E-state index in [0.29, 0.717) is 42.1 Å². The molecule has 2 aliphatic heterocycles. The van der Waals surface area contributed by atoms with Crippen LogP contribution in [0.3, 0.4) is 0 Å². The highest BCUT2D eigenvalue weighted by molar-refractivity contribution is 6.07. The van der Waals surface area contributed by atoms with Gasteiger partial charge in [-0.25, -0.2) is 0 Å². The maximum Gasteiger partial charge on any atom is 0.197 e. The second kappa shape index (κ2) is 15.6. The third-order valence-electron chi connectivity index (χ3n) is 13.1. The first-order valence-corrected chi connectivity index (χ1v) is 20.1. The molecule has 5 N–H and O–H groups in total. The summed E-state index contributed by atoms with van der Waals surface area (Å²) >= 11 is 0. The highest BCUT2D eigenvalue weighted by Crippen LogP contribution is 2.70. The van der Waals surface area contributed by atoms with Crippen LogP contribution < -0.4 is 15.4 Å². The predicted octanol–water partition coefficient (Wildman–Crippen LogP) is 6.77. The van der Waals surface area contributed by atoms with Crippen molar-refractivity contribution >= 4 is 5.71 Å². The van der Waals surface area contributed by atoms with Crippen LogP contribution in [0.5, 0.6) is 11.5 Å². The Hall–Kier alpha value is -2.91. The molecule has 2 heterocycles. The van der Waals surface area contributed by atoms with Crippen molar-refractivity contribution in [1.82, 2.24) is 10.6 Å². The van der Waals surface area contributed by atoms with Gasteiger partial charge in [0.2, 0.25) is 0 Å². The van der Waals surface area contributed by atoms with E-state index in [9.17, 15) is 15.3 Å². The van der Waals surface area contributed by atoms with Crippen LogP contribution in [0, 0.1) is 40.5 Å². The summed E-state index contributed by atoms with van der Waals surface area (Å²) in [4.78, 5) is 5.54. The second-order valence-corrected chi connectivity index (χ2v) is 16.2. The van der Waals surface area contributed by atoms with Crippen molar-refractivity contribution in [3.05, 3.63) is 71.4 Å². The minimum Gasteiger partial charge on any atom is -0.592 e. The molecule has 8 nitrogen and oxygen atoms in total. The molecular weight excluding hydrogens is 638 g/mol. The Morgan fingerprint density at radius 2 is 2.00 bits per heavy atom. The number of hydrogen-bond donors (Lipinski definition) is 5. The quantitative estimate of drug-likeness (QED) is 0.0901. The molecule has 3 fully saturated rings. The highest BCUT2D eigenvalue weighted by atomic mass is 16.5. The van der Waals surface area contributed by atoms with E-state index >= 15 is 0 Å². The maximum atomic E-state index is 10.8. The van der Waals surface area contributed by atoms with Gasteiger partial charge in [0.15, 0.2) is 23.3 Å². The molecule has 5 aliphatic carbocycles. The Balaban J connectivity index is 1.09. The zero-order chi connectivity index (χ0) is 35.6. The van der Waals surface area contributed by atoms with E-state index in [1.165, 1.54) is 56.2 Å². The van der Waals surface area contributed by atoms with E-state index in [1.54, 1.807) is 6.07 Å². The number of aromatic hydroxyl groups is 1. The molecule has 51 heavy (non-hydrogen) atoms. The second-order valence-electron chi connectivity index (χ2n) is 16.2. The van der Waals surface area contributed by atoms with Crippen LogP contribution in [-0.2, 0) is 11.2 Å². The summed E-state index contributed by atoms with van der Waals surface area (Å²) in [7, 11) is 0. The molecular formula is C43H61N3O5. The number of nitrogens with zero attached hydrogens (tertiary/aromatic N) is 1. The summed E-state index contributed by atoms with van der Waals surface area (Å²) in [5.41, 5.74) is 4.16. The normalized spacial score (nSPS) is 29.8. The number of allylic oxidation sites excluding steroid dienone is 3. The molecule has 1 aromatic rings. The summed E-state index contributed by atoms with van der Waals surface area (Å²) in [6.45, 7) is 8.74. The molecule has 0 saturated heterocycles. The molecule has 278 valence electrons. The topological polar surface area (TPSA) is 116 Å². The van der Waals surface area contributed by atoms with E-state index in [-0.39, 0.29) is 36.0 Å². The van der Waals surface area contributed by atoms with Crippen LogP contribution >= 0.6 is 0 Å². The predicted molar refractivity (Wildman–Crippen MR) is 202 cm³/mol. The SMILES string of the molecule is CCCCC1OC(CCc2ccc(O)c(OCC(NCC)[C+]3C=C4C(=N3)C3C=CC5(CCCC5C35CCCC5)C4CNCC(C)O)c2)=C[C-]1CO. The van der Waals surface area contributed by atoms with Gasteiger partial charge in [0.25, 0.3) is 0 Å². The van der Waals surface area contributed by atoms with Gasteiger partial charge in [-0.2, -0.15) is 12.0 Å². The summed E-state index contributed by atoms with van der Waals surface area (Å²) in [5.74, 6) is 3.84. The number of aliphatic hydroxyl groups is 2. The Labute approximate surface area is 305 Å². The monoisotopic (exact) mass is 699 g/mol. The van der Waals surface area contributed by atoms with Crippen molar-refractivity contribution in [2.75, 3.05) is 32.8 Å². The van der Waals surface area contributed by atoms with E-state index in [1.807, 2.05) is 25.1 Å². The fourth-order valence-electron chi connectivity index (χ4n) is 10.8. The number of rotatable bonds is 17. The van der Waals surface area contributed by atoms with Gasteiger partial charge in [0.05, 0.1) is 24.0 Å². The maximum absolute atomic E-state index is 10.8. The van der Waals surface area contributed by atoms with Crippen molar-refractivity contribution in [3.63, 3.8) is 0 Å². The van der Waals surface area contributed by atoms with Gasteiger partial charge in [-0.05, 0) is 81.0 Å². The number of unbranched alkanes of at least 4 members (excludes halogenated alkanes) is 1. The molecule has 7 unspecified atom stereocenters. The van der Waals surface area contributed by atoms with E-state index in [2.05, 4.69) is 42.7 Å². The zero-order valence-corrected chi connectivity index (χ0v) is 31.1. The van der Waals surface area contributed by atoms with Crippen LogP contribution in [0.2, 0.25) is 0 Å². The summed E-state index contributed by atoms with van der Waals surface area (Å²) in [6, 6.07) is 6.52. The first kappa shape index (κ1) is 36.4. The number of phenols is 1.